The zero-order valence-corrected chi connectivity index (χ0v) is 13.5. The van der Waals surface area contributed by atoms with E-state index in [-0.39, 0.29) is 5.91 Å². The van der Waals surface area contributed by atoms with Crippen LogP contribution in [0.1, 0.15) is 19.6 Å². The second kappa shape index (κ2) is 5.63. The number of fused-ring (bicyclic) bond motifs is 1. The molecule has 3 rings (SSSR count). The van der Waals surface area contributed by atoms with Crippen LogP contribution in [-0.2, 0) is 6.54 Å². The van der Waals surface area contributed by atoms with E-state index in [1.54, 1.807) is 23.6 Å². The van der Waals surface area contributed by atoms with Gasteiger partial charge in [0.15, 0.2) is 0 Å². The van der Waals surface area contributed by atoms with Crippen LogP contribution in [0.5, 0.6) is 0 Å². The number of benzene rings is 1. The number of halogens is 1. The fourth-order valence-electron chi connectivity index (χ4n) is 1.98. The first-order valence-corrected chi connectivity index (χ1v) is 8.22. The van der Waals surface area contributed by atoms with Crippen LogP contribution in [0.25, 0.3) is 10.1 Å². The van der Waals surface area contributed by atoms with Crippen LogP contribution in [0.3, 0.4) is 0 Å². The van der Waals surface area contributed by atoms with Gasteiger partial charge < -0.3 is 11.1 Å². The van der Waals surface area contributed by atoms with Gasteiger partial charge in [0.25, 0.3) is 5.91 Å². The summed E-state index contributed by atoms with van der Waals surface area (Å²) in [6.07, 6.45) is 1.79. The number of anilines is 1. The van der Waals surface area contributed by atoms with Crippen molar-refractivity contribution < 1.29 is 4.79 Å². The number of nitrogens with two attached hydrogens (primary N) is 1. The standard InChI is InChI=1S/C14H12ClN3OS2/c1-7-5-17-11(20-7)6-18-14(19)13-12(16)9-3-2-8(15)4-10(9)21-13/h2-5H,6,16H2,1H3,(H,18,19). The summed E-state index contributed by atoms with van der Waals surface area (Å²) in [5, 5.41) is 5.22. The summed E-state index contributed by atoms with van der Waals surface area (Å²) >= 11 is 8.87. The maximum Gasteiger partial charge on any atom is 0.263 e. The lowest BCUT2D eigenvalue weighted by Gasteiger charge is -2.01. The number of hydrogen-bond acceptors (Lipinski definition) is 5. The number of carbonyl (C=O) groups excluding carboxylic acids is 1. The number of thiophene rings is 1. The lowest BCUT2D eigenvalue weighted by Crippen LogP contribution is -2.22. The van der Waals surface area contributed by atoms with E-state index >= 15 is 0 Å². The molecule has 108 valence electrons. The molecule has 21 heavy (non-hydrogen) atoms. The third-order valence-corrected chi connectivity index (χ3v) is 5.28. The van der Waals surface area contributed by atoms with Crippen molar-refractivity contribution >= 4 is 56.0 Å². The molecule has 0 aliphatic heterocycles. The van der Waals surface area contributed by atoms with Gasteiger partial charge in [0.2, 0.25) is 0 Å². The van der Waals surface area contributed by atoms with Crippen molar-refractivity contribution in [1.82, 2.24) is 10.3 Å². The number of thiazole rings is 1. The van der Waals surface area contributed by atoms with Crippen molar-refractivity contribution in [3.63, 3.8) is 0 Å². The largest absolute Gasteiger partial charge is 0.397 e. The van der Waals surface area contributed by atoms with Gasteiger partial charge >= 0.3 is 0 Å². The summed E-state index contributed by atoms with van der Waals surface area (Å²) in [7, 11) is 0. The first-order chi connectivity index (χ1) is 10.0. The van der Waals surface area contributed by atoms with Crippen molar-refractivity contribution in [2.45, 2.75) is 13.5 Å². The Hall–Kier alpha value is -1.63. The highest BCUT2D eigenvalue weighted by molar-refractivity contribution is 7.21. The molecule has 2 heterocycles. The predicted molar refractivity (Wildman–Crippen MR) is 89.3 cm³/mol. The molecular weight excluding hydrogens is 326 g/mol. The normalized spacial score (nSPS) is 11.0. The molecule has 0 spiro atoms. The van der Waals surface area contributed by atoms with Gasteiger partial charge in [-0.2, -0.15) is 0 Å². The second-order valence-electron chi connectivity index (χ2n) is 4.53. The highest BCUT2D eigenvalue weighted by Gasteiger charge is 2.16. The second-order valence-corrected chi connectivity index (χ2v) is 7.34. The minimum absolute atomic E-state index is 0.183. The van der Waals surface area contributed by atoms with Crippen LogP contribution in [0.2, 0.25) is 5.02 Å². The number of amides is 1. The van der Waals surface area contributed by atoms with E-state index in [0.717, 1.165) is 20.0 Å². The van der Waals surface area contributed by atoms with Crippen molar-refractivity contribution in [2.24, 2.45) is 0 Å². The predicted octanol–water partition coefficient (Wildman–Crippen LogP) is 3.83. The molecule has 1 amide bonds. The molecule has 3 N–H and O–H groups in total. The molecule has 0 unspecified atom stereocenters. The first-order valence-electron chi connectivity index (χ1n) is 6.21. The quantitative estimate of drug-likeness (QED) is 0.763. The van der Waals surface area contributed by atoms with Gasteiger partial charge in [-0.05, 0) is 25.1 Å². The Morgan fingerprint density at radius 1 is 1.43 bits per heavy atom. The molecule has 3 aromatic rings. The number of aromatic nitrogens is 1. The molecule has 0 aliphatic carbocycles. The number of nitrogens with one attached hydrogen (secondary N) is 1. The lowest BCUT2D eigenvalue weighted by molar-refractivity contribution is 0.0956. The molecule has 0 atom stereocenters. The Morgan fingerprint density at radius 2 is 2.24 bits per heavy atom. The highest BCUT2D eigenvalue weighted by atomic mass is 35.5. The first kappa shape index (κ1) is 14.3. The van der Waals surface area contributed by atoms with Crippen molar-refractivity contribution in [1.29, 1.82) is 0 Å². The third-order valence-electron chi connectivity index (χ3n) is 2.97. The summed E-state index contributed by atoms with van der Waals surface area (Å²) in [5.41, 5.74) is 6.56. The molecular formula is C14H12ClN3OS2. The Bertz CT molecular complexity index is 825. The topological polar surface area (TPSA) is 68.0 Å². The van der Waals surface area contributed by atoms with Crippen molar-refractivity contribution in [2.75, 3.05) is 5.73 Å². The average molecular weight is 338 g/mol. The molecule has 7 heteroatoms. The smallest absolute Gasteiger partial charge is 0.263 e. The SMILES string of the molecule is Cc1cnc(CNC(=O)c2sc3cc(Cl)ccc3c2N)s1. The molecule has 4 nitrogen and oxygen atoms in total. The summed E-state index contributed by atoms with van der Waals surface area (Å²) in [6, 6.07) is 5.43. The van der Waals surface area contributed by atoms with Crippen LogP contribution < -0.4 is 11.1 Å². The molecule has 0 bridgehead atoms. The molecule has 1 aromatic carbocycles. The lowest BCUT2D eigenvalue weighted by atomic mass is 10.2. The van der Waals surface area contributed by atoms with Crippen LogP contribution in [-0.4, -0.2) is 10.9 Å². The highest BCUT2D eigenvalue weighted by Crippen LogP contribution is 2.35. The monoisotopic (exact) mass is 337 g/mol. The summed E-state index contributed by atoms with van der Waals surface area (Å²) in [6.45, 7) is 2.39. The van der Waals surface area contributed by atoms with Crippen LogP contribution in [0.15, 0.2) is 24.4 Å². The maximum atomic E-state index is 12.3. The third kappa shape index (κ3) is 2.88. The minimum Gasteiger partial charge on any atom is -0.397 e. The molecule has 0 aliphatic rings. The van der Waals surface area contributed by atoms with Gasteiger partial charge in [-0.15, -0.1) is 22.7 Å². The Balaban J connectivity index is 1.82. The van der Waals surface area contributed by atoms with E-state index in [9.17, 15) is 4.79 Å². The van der Waals surface area contributed by atoms with E-state index < -0.39 is 0 Å². The van der Waals surface area contributed by atoms with Crippen LogP contribution >= 0.6 is 34.3 Å². The number of carbonyl (C=O) groups is 1. The molecule has 2 aromatic heterocycles. The molecule has 0 radical (unpaired) electrons. The average Bonchev–Trinajstić information content (AvgIpc) is 3.00. The summed E-state index contributed by atoms with van der Waals surface area (Å²) in [5.74, 6) is -0.183. The van der Waals surface area contributed by atoms with Gasteiger partial charge in [0.05, 0.1) is 12.2 Å². The van der Waals surface area contributed by atoms with Gasteiger partial charge in [-0.25, -0.2) is 4.98 Å². The van der Waals surface area contributed by atoms with Gasteiger partial charge in [0.1, 0.15) is 9.88 Å². The van der Waals surface area contributed by atoms with Gasteiger partial charge in [-0.3, -0.25) is 4.79 Å². The van der Waals surface area contributed by atoms with Crippen LogP contribution in [0, 0.1) is 6.92 Å². The van der Waals surface area contributed by atoms with E-state index in [1.165, 1.54) is 11.3 Å². The van der Waals surface area contributed by atoms with Crippen molar-refractivity contribution in [3.05, 3.63) is 44.2 Å². The Labute approximate surface area is 134 Å². The van der Waals surface area contributed by atoms with E-state index in [2.05, 4.69) is 10.3 Å². The summed E-state index contributed by atoms with van der Waals surface area (Å²) in [4.78, 5) is 18.1. The zero-order valence-electron chi connectivity index (χ0n) is 11.1. The minimum atomic E-state index is -0.183. The molecule has 0 saturated heterocycles. The number of hydrogen-bond donors (Lipinski definition) is 2. The summed E-state index contributed by atoms with van der Waals surface area (Å²) < 4.78 is 0.912. The van der Waals surface area contributed by atoms with Crippen molar-refractivity contribution in [3.8, 4) is 0 Å². The fourth-order valence-corrected chi connectivity index (χ4v) is 4.02. The Morgan fingerprint density at radius 3 is 2.95 bits per heavy atom. The molecule has 0 saturated carbocycles. The van der Waals surface area contributed by atoms with E-state index in [1.807, 2.05) is 19.1 Å². The number of nitrogens with zero attached hydrogens (tertiary/aromatic N) is 1. The van der Waals surface area contributed by atoms with Gasteiger partial charge in [0, 0.05) is 26.2 Å². The van der Waals surface area contributed by atoms with E-state index in [0.29, 0.717) is 22.1 Å². The number of nitrogen functional groups attached to an aromatic ring is 1. The van der Waals surface area contributed by atoms with E-state index in [4.69, 9.17) is 17.3 Å². The molecule has 0 fully saturated rings. The number of aryl methyl sites for hydroxylation is 1. The van der Waals surface area contributed by atoms with Gasteiger partial charge in [-0.1, -0.05) is 11.6 Å². The maximum absolute atomic E-state index is 12.3. The van der Waals surface area contributed by atoms with Crippen LogP contribution in [0.4, 0.5) is 5.69 Å². The Kier molecular flexibility index (Phi) is 3.84. The fraction of sp³-hybridized carbons (Fsp3) is 0.143. The number of rotatable bonds is 3. The zero-order chi connectivity index (χ0) is 15.0.